The van der Waals surface area contributed by atoms with Gasteiger partial charge in [-0.3, -0.25) is 4.98 Å². The number of hydrogen-bond donors (Lipinski definition) is 3. The monoisotopic (exact) mass is 285 g/mol. The number of nitrogens with one attached hydrogen (secondary N) is 2. The molecular formula is C12H16ClN3O3. The van der Waals surface area contributed by atoms with Crippen molar-refractivity contribution < 1.29 is 14.7 Å². The summed E-state index contributed by atoms with van der Waals surface area (Å²) in [5.41, 5.74) is 0.717. The number of carbonyl (C=O) groups excluding carboxylic acids is 1. The number of urea groups is 1. The molecule has 1 unspecified atom stereocenters. The first-order valence-electron chi connectivity index (χ1n) is 5.90. The number of amides is 2. The van der Waals surface area contributed by atoms with Gasteiger partial charge in [0.1, 0.15) is 6.04 Å². The fourth-order valence-corrected chi connectivity index (χ4v) is 1.66. The third-order valence-corrected chi connectivity index (χ3v) is 2.82. The number of nitrogens with zero attached hydrogens (tertiary/aromatic N) is 1. The van der Waals surface area contributed by atoms with E-state index < -0.39 is 18.0 Å². The molecule has 0 bridgehead atoms. The predicted octanol–water partition coefficient (Wildman–Crippen LogP) is 1.79. The van der Waals surface area contributed by atoms with Gasteiger partial charge in [-0.25, -0.2) is 9.59 Å². The van der Waals surface area contributed by atoms with Gasteiger partial charge < -0.3 is 15.7 Å². The summed E-state index contributed by atoms with van der Waals surface area (Å²) in [7, 11) is 0. The van der Waals surface area contributed by atoms with Gasteiger partial charge in [-0.05, 0) is 18.1 Å². The highest BCUT2D eigenvalue weighted by atomic mass is 35.5. The Morgan fingerprint density at radius 1 is 1.53 bits per heavy atom. The maximum atomic E-state index is 11.6. The van der Waals surface area contributed by atoms with Crippen molar-refractivity contribution in [3.05, 3.63) is 29.0 Å². The molecule has 19 heavy (non-hydrogen) atoms. The van der Waals surface area contributed by atoms with E-state index in [-0.39, 0.29) is 6.54 Å². The molecule has 1 aromatic rings. The number of carboxylic acid groups (broad SMARTS) is 1. The normalized spacial score (nSPS) is 11.7. The topological polar surface area (TPSA) is 91.3 Å². The van der Waals surface area contributed by atoms with Crippen molar-refractivity contribution in [1.82, 2.24) is 15.6 Å². The van der Waals surface area contributed by atoms with Crippen molar-refractivity contribution in [2.75, 3.05) is 0 Å². The van der Waals surface area contributed by atoms with Crippen LogP contribution in [0.4, 0.5) is 4.79 Å². The highest BCUT2D eigenvalue weighted by molar-refractivity contribution is 6.31. The molecule has 1 rings (SSSR count). The Labute approximate surface area is 116 Å². The third kappa shape index (κ3) is 5.13. The Morgan fingerprint density at radius 3 is 2.84 bits per heavy atom. The van der Waals surface area contributed by atoms with Crippen LogP contribution >= 0.6 is 11.6 Å². The van der Waals surface area contributed by atoms with Crippen LogP contribution in [0.25, 0.3) is 0 Å². The van der Waals surface area contributed by atoms with Crippen LogP contribution in [0.5, 0.6) is 0 Å². The van der Waals surface area contributed by atoms with E-state index in [1.54, 1.807) is 12.3 Å². The Bertz CT molecular complexity index is 454. The SMILES string of the molecule is CCCC(NC(=O)NCc1ccncc1Cl)C(=O)O. The molecule has 0 radical (unpaired) electrons. The van der Waals surface area contributed by atoms with Gasteiger partial charge in [0.2, 0.25) is 0 Å². The quantitative estimate of drug-likeness (QED) is 0.743. The van der Waals surface area contributed by atoms with E-state index in [2.05, 4.69) is 15.6 Å². The number of carbonyl (C=O) groups is 2. The summed E-state index contributed by atoms with van der Waals surface area (Å²) in [4.78, 5) is 26.3. The number of pyridine rings is 1. The zero-order valence-electron chi connectivity index (χ0n) is 10.5. The number of halogens is 1. The molecule has 104 valence electrons. The molecule has 1 aromatic heterocycles. The van der Waals surface area contributed by atoms with E-state index in [4.69, 9.17) is 16.7 Å². The zero-order chi connectivity index (χ0) is 14.3. The second-order valence-corrected chi connectivity index (χ2v) is 4.38. The fourth-order valence-electron chi connectivity index (χ4n) is 1.48. The van der Waals surface area contributed by atoms with Crippen LogP contribution in [-0.4, -0.2) is 28.1 Å². The molecule has 7 heteroatoms. The van der Waals surface area contributed by atoms with Crippen molar-refractivity contribution in [1.29, 1.82) is 0 Å². The maximum Gasteiger partial charge on any atom is 0.326 e. The molecule has 0 aliphatic heterocycles. The van der Waals surface area contributed by atoms with Gasteiger partial charge >= 0.3 is 12.0 Å². The lowest BCUT2D eigenvalue weighted by atomic mass is 10.2. The molecule has 1 heterocycles. The van der Waals surface area contributed by atoms with E-state index in [1.165, 1.54) is 6.20 Å². The van der Waals surface area contributed by atoms with Crippen molar-refractivity contribution in [3.8, 4) is 0 Å². The number of aromatic nitrogens is 1. The fraction of sp³-hybridized carbons (Fsp3) is 0.417. The summed E-state index contributed by atoms with van der Waals surface area (Å²) in [6.45, 7) is 2.07. The lowest BCUT2D eigenvalue weighted by Gasteiger charge is -2.14. The highest BCUT2D eigenvalue weighted by Crippen LogP contribution is 2.12. The molecule has 0 saturated carbocycles. The average Bonchev–Trinajstić information content (AvgIpc) is 2.37. The Hall–Kier alpha value is -1.82. The summed E-state index contributed by atoms with van der Waals surface area (Å²) < 4.78 is 0. The minimum atomic E-state index is -1.04. The first kappa shape index (κ1) is 15.2. The third-order valence-electron chi connectivity index (χ3n) is 2.48. The molecule has 0 aliphatic rings. The van der Waals surface area contributed by atoms with Crippen molar-refractivity contribution in [3.63, 3.8) is 0 Å². The van der Waals surface area contributed by atoms with Gasteiger partial charge in [0, 0.05) is 18.9 Å². The van der Waals surface area contributed by atoms with Gasteiger partial charge in [-0.1, -0.05) is 24.9 Å². The number of hydrogen-bond acceptors (Lipinski definition) is 3. The van der Waals surface area contributed by atoms with Crippen LogP contribution in [0.15, 0.2) is 18.5 Å². The van der Waals surface area contributed by atoms with Crippen LogP contribution < -0.4 is 10.6 Å². The van der Waals surface area contributed by atoms with Gasteiger partial charge in [-0.15, -0.1) is 0 Å². The molecule has 0 saturated heterocycles. The van der Waals surface area contributed by atoms with E-state index in [1.807, 2.05) is 6.92 Å². The number of carboxylic acids is 1. The number of rotatable bonds is 6. The molecule has 1 atom stereocenters. The molecule has 6 nitrogen and oxygen atoms in total. The van der Waals surface area contributed by atoms with Crippen molar-refractivity contribution in [2.45, 2.75) is 32.4 Å². The van der Waals surface area contributed by atoms with E-state index in [0.29, 0.717) is 23.4 Å². The molecule has 0 fully saturated rings. The number of aliphatic carboxylic acids is 1. The lowest BCUT2D eigenvalue weighted by molar-refractivity contribution is -0.139. The summed E-state index contributed by atoms with van der Waals surface area (Å²) in [5.74, 6) is -1.04. The zero-order valence-corrected chi connectivity index (χ0v) is 11.3. The first-order chi connectivity index (χ1) is 9.04. The Balaban J connectivity index is 2.47. The predicted molar refractivity (Wildman–Crippen MR) is 71.0 cm³/mol. The minimum absolute atomic E-state index is 0.214. The highest BCUT2D eigenvalue weighted by Gasteiger charge is 2.18. The van der Waals surface area contributed by atoms with Crippen LogP contribution in [0.2, 0.25) is 5.02 Å². The molecule has 0 aromatic carbocycles. The van der Waals surface area contributed by atoms with E-state index in [9.17, 15) is 9.59 Å². The van der Waals surface area contributed by atoms with Crippen LogP contribution in [0.1, 0.15) is 25.3 Å². The molecule has 2 amide bonds. The maximum absolute atomic E-state index is 11.6. The van der Waals surface area contributed by atoms with Gasteiger partial charge in [0.05, 0.1) is 5.02 Å². The van der Waals surface area contributed by atoms with Crippen molar-refractivity contribution in [2.24, 2.45) is 0 Å². The Kier molecular flexibility index (Phi) is 6.08. The van der Waals surface area contributed by atoms with E-state index in [0.717, 1.165) is 0 Å². The van der Waals surface area contributed by atoms with Gasteiger partial charge in [-0.2, -0.15) is 0 Å². The second kappa shape index (κ2) is 7.58. The van der Waals surface area contributed by atoms with E-state index >= 15 is 0 Å². The molecular weight excluding hydrogens is 270 g/mol. The lowest BCUT2D eigenvalue weighted by Crippen LogP contribution is -2.45. The minimum Gasteiger partial charge on any atom is -0.480 e. The van der Waals surface area contributed by atoms with Crippen molar-refractivity contribution >= 4 is 23.6 Å². The molecule has 0 aliphatic carbocycles. The smallest absolute Gasteiger partial charge is 0.326 e. The van der Waals surface area contributed by atoms with Crippen LogP contribution in [0.3, 0.4) is 0 Å². The second-order valence-electron chi connectivity index (χ2n) is 3.97. The summed E-state index contributed by atoms with van der Waals surface area (Å²) in [6.07, 6.45) is 4.11. The van der Waals surface area contributed by atoms with Gasteiger partial charge in [0.25, 0.3) is 0 Å². The van der Waals surface area contributed by atoms with Gasteiger partial charge in [0.15, 0.2) is 0 Å². The summed E-state index contributed by atoms with van der Waals surface area (Å²) >= 11 is 5.89. The largest absolute Gasteiger partial charge is 0.480 e. The van der Waals surface area contributed by atoms with Crippen LogP contribution in [0, 0.1) is 0 Å². The molecule has 0 spiro atoms. The first-order valence-corrected chi connectivity index (χ1v) is 6.28. The molecule has 3 N–H and O–H groups in total. The standard InChI is InChI=1S/C12H16ClN3O3/c1-2-3-10(11(17)18)16-12(19)15-6-8-4-5-14-7-9(8)13/h4-5,7,10H,2-3,6H2,1H3,(H,17,18)(H2,15,16,19). The Morgan fingerprint density at radius 2 is 2.26 bits per heavy atom. The summed E-state index contributed by atoms with van der Waals surface area (Å²) in [5, 5.41) is 14.3. The average molecular weight is 286 g/mol. The van der Waals surface area contributed by atoms with Crippen LogP contribution in [-0.2, 0) is 11.3 Å². The summed E-state index contributed by atoms with van der Waals surface area (Å²) in [6, 6.07) is 0.273.